The highest BCUT2D eigenvalue weighted by molar-refractivity contribution is 5.60. The Labute approximate surface area is 175 Å². The first-order chi connectivity index (χ1) is 14.5. The summed E-state index contributed by atoms with van der Waals surface area (Å²) < 4.78 is 14.7. The molecule has 0 aromatic carbocycles. The number of rotatable bonds is 8. The number of allylic oxidation sites excluding steroid dienone is 4. The fourth-order valence-corrected chi connectivity index (χ4v) is 3.22. The number of alkyl halides is 1. The van der Waals surface area contributed by atoms with E-state index in [1.165, 1.54) is 10.9 Å². The minimum Gasteiger partial charge on any atom is -0.403 e. The quantitative estimate of drug-likeness (QED) is 0.526. The molecule has 3 heterocycles. The Kier molecular flexibility index (Phi) is 6.95. The van der Waals surface area contributed by atoms with E-state index in [1.54, 1.807) is 18.5 Å². The molecule has 0 radical (unpaired) electrons. The van der Waals surface area contributed by atoms with Crippen LogP contribution in [0.4, 0.5) is 10.2 Å². The van der Waals surface area contributed by atoms with Gasteiger partial charge in [-0.3, -0.25) is 4.79 Å². The number of nitrogens with two attached hydrogens (primary N) is 1. The van der Waals surface area contributed by atoms with Crippen LogP contribution in [0, 0.1) is 0 Å². The van der Waals surface area contributed by atoms with Crippen LogP contribution in [0.15, 0.2) is 54.7 Å². The van der Waals surface area contributed by atoms with Crippen LogP contribution in [-0.2, 0) is 11.3 Å². The van der Waals surface area contributed by atoms with Gasteiger partial charge in [0.15, 0.2) is 0 Å². The molecule has 158 valence electrons. The number of likely N-dealkylation sites (N-methyl/N-ethyl adjacent to an activating group) is 1. The lowest BCUT2D eigenvalue weighted by molar-refractivity contribution is 0.364. The van der Waals surface area contributed by atoms with Crippen LogP contribution in [-0.4, -0.2) is 57.4 Å². The van der Waals surface area contributed by atoms with E-state index < -0.39 is 6.17 Å². The van der Waals surface area contributed by atoms with E-state index in [1.807, 2.05) is 48.1 Å². The highest BCUT2D eigenvalue weighted by Gasteiger charge is 2.23. The first kappa shape index (κ1) is 21.2. The van der Waals surface area contributed by atoms with Crippen LogP contribution in [0.25, 0.3) is 11.4 Å². The summed E-state index contributed by atoms with van der Waals surface area (Å²) in [6, 6.07) is 1.80. The molecule has 0 spiro atoms. The summed E-state index contributed by atoms with van der Waals surface area (Å²) in [5.74, 6) is 0.638. The molecule has 1 unspecified atom stereocenters. The monoisotopic (exact) mass is 411 g/mol. The Morgan fingerprint density at radius 3 is 2.77 bits per heavy atom. The molecule has 2 aromatic rings. The summed E-state index contributed by atoms with van der Waals surface area (Å²) in [5, 5.41) is 4.32. The number of halogens is 1. The topological polar surface area (TPSA) is 93.2 Å². The van der Waals surface area contributed by atoms with Crippen LogP contribution >= 0.6 is 0 Å². The first-order valence-electron chi connectivity index (χ1n) is 9.73. The zero-order valence-corrected chi connectivity index (χ0v) is 17.1. The van der Waals surface area contributed by atoms with Crippen molar-refractivity contribution in [2.45, 2.75) is 26.1 Å². The predicted octanol–water partition coefficient (Wildman–Crippen LogP) is 2.29. The second-order valence-corrected chi connectivity index (χ2v) is 7.00. The Hall–Kier alpha value is -3.49. The molecule has 3 rings (SSSR count). The predicted molar refractivity (Wildman–Crippen MR) is 115 cm³/mol. The maximum absolute atomic E-state index is 13.4. The lowest BCUT2D eigenvalue weighted by Gasteiger charge is -2.19. The molecule has 8 nitrogen and oxygen atoms in total. The minimum absolute atomic E-state index is 0.337. The van der Waals surface area contributed by atoms with Crippen molar-refractivity contribution in [2.24, 2.45) is 5.73 Å². The van der Waals surface area contributed by atoms with Crippen LogP contribution in [0.3, 0.4) is 0 Å². The van der Waals surface area contributed by atoms with Crippen molar-refractivity contribution in [1.29, 1.82) is 0 Å². The third-order valence-electron chi connectivity index (χ3n) is 4.85. The molecule has 1 aliphatic heterocycles. The highest BCUT2D eigenvalue weighted by atomic mass is 19.1. The second kappa shape index (κ2) is 9.82. The molecule has 0 bridgehead atoms. The third kappa shape index (κ3) is 4.91. The van der Waals surface area contributed by atoms with Gasteiger partial charge in [0.1, 0.15) is 23.4 Å². The Morgan fingerprint density at radius 1 is 1.33 bits per heavy atom. The van der Waals surface area contributed by atoms with E-state index in [0.29, 0.717) is 55.4 Å². The lowest BCUT2D eigenvalue weighted by Crippen LogP contribution is -2.21. The Balaban J connectivity index is 1.76. The maximum atomic E-state index is 13.4. The highest BCUT2D eigenvalue weighted by Crippen LogP contribution is 2.22. The zero-order valence-electron chi connectivity index (χ0n) is 17.1. The second-order valence-electron chi connectivity index (χ2n) is 7.00. The zero-order chi connectivity index (χ0) is 21.5. The minimum atomic E-state index is -0.824. The summed E-state index contributed by atoms with van der Waals surface area (Å²) in [6.45, 7) is 3.32. The smallest absolute Gasteiger partial charge is 0.234 e. The molecule has 9 heteroatoms. The molecule has 2 N–H and O–H groups in total. The van der Waals surface area contributed by atoms with Gasteiger partial charge >= 0.3 is 0 Å². The molecule has 0 aliphatic carbocycles. The molecule has 2 aromatic heterocycles. The molecular weight excluding hydrogens is 385 g/mol. The molecular formula is C21H26FN7O. The maximum Gasteiger partial charge on any atom is 0.234 e. The number of hydrogen-bond acceptors (Lipinski definition) is 7. The van der Waals surface area contributed by atoms with Crippen LogP contribution in [0.2, 0.25) is 0 Å². The third-order valence-corrected chi connectivity index (χ3v) is 4.85. The Morgan fingerprint density at radius 2 is 2.17 bits per heavy atom. The van der Waals surface area contributed by atoms with E-state index in [4.69, 9.17) is 5.73 Å². The van der Waals surface area contributed by atoms with E-state index in [-0.39, 0.29) is 0 Å². The standard InChI is InChI=1S/C21H26FN7O/c1-3-4-5-6-17(10-23)27(2)14-18-9-19(26-29(18)15-30)20-11-25-21(12-24-20)28-8-7-16(22)13-28/h3-6,9-12,15-16H,7-8,13-14,23H2,1-2H3/b4-3+,6-5-,17-10+. The first-order valence-corrected chi connectivity index (χ1v) is 9.73. The Bertz CT molecular complexity index is 949. The van der Waals surface area contributed by atoms with Gasteiger partial charge in [0, 0.05) is 19.8 Å². The molecule has 1 aliphatic rings. The van der Waals surface area contributed by atoms with E-state index in [9.17, 15) is 9.18 Å². The summed E-state index contributed by atoms with van der Waals surface area (Å²) in [7, 11) is 1.88. The van der Waals surface area contributed by atoms with Crippen molar-refractivity contribution in [3.63, 3.8) is 0 Å². The summed E-state index contributed by atoms with van der Waals surface area (Å²) in [5.41, 5.74) is 8.30. The average molecular weight is 411 g/mol. The van der Waals surface area contributed by atoms with Gasteiger partial charge in [0.05, 0.1) is 36.9 Å². The summed E-state index contributed by atoms with van der Waals surface area (Å²) in [6.07, 6.45) is 12.6. The number of carbonyl (C=O) groups excluding carboxylic acids is 1. The van der Waals surface area contributed by atoms with Crippen molar-refractivity contribution < 1.29 is 9.18 Å². The average Bonchev–Trinajstić information content (AvgIpc) is 3.37. The van der Waals surface area contributed by atoms with Crippen molar-refractivity contribution in [2.75, 3.05) is 25.0 Å². The van der Waals surface area contributed by atoms with Crippen molar-refractivity contribution in [3.05, 3.63) is 60.4 Å². The molecule has 1 saturated heterocycles. The normalized spacial score (nSPS) is 17.4. The van der Waals surface area contributed by atoms with Gasteiger partial charge in [-0.25, -0.2) is 19.0 Å². The van der Waals surface area contributed by atoms with Crippen molar-refractivity contribution in [3.8, 4) is 11.4 Å². The van der Waals surface area contributed by atoms with Crippen molar-refractivity contribution >= 4 is 12.2 Å². The fourth-order valence-electron chi connectivity index (χ4n) is 3.22. The molecule has 30 heavy (non-hydrogen) atoms. The number of nitrogens with zero attached hydrogens (tertiary/aromatic N) is 6. The largest absolute Gasteiger partial charge is 0.403 e. The molecule has 1 atom stereocenters. The number of carbonyl (C=O) groups is 1. The molecule has 1 fully saturated rings. The van der Waals surface area contributed by atoms with Gasteiger partial charge in [0.2, 0.25) is 6.41 Å². The number of anilines is 1. The SMILES string of the molecule is C/C=C/C=C\C(=C/N)N(C)Cc1cc(-c2cnc(N3CCC(F)C3)cn2)nn1C=O. The summed E-state index contributed by atoms with van der Waals surface area (Å²) >= 11 is 0. The molecule has 0 amide bonds. The van der Waals surface area contributed by atoms with Gasteiger partial charge in [-0.1, -0.05) is 18.2 Å². The van der Waals surface area contributed by atoms with E-state index >= 15 is 0 Å². The van der Waals surface area contributed by atoms with Gasteiger partial charge in [-0.05, 0) is 25.5 Å². The number of aromatic nitrogens is 4. The van der Waals surface area contributed by atoms with Crippen LogP contribution in [0.1, 0.15) is 19.0 Å². The van der Waals surface area contributed by atoms with Gasteiger partial charge in [-0.15, -0.1) is 0 Å². The van der Waals surface area contributed by atoms with Gasteiger partial charge in [-0.2, -0.15) is 5.10 Å². The lowest BCUT2D eigenvalue weighted by atomic mass is 10.2. The van der Waals surface area contributed by atoms with Crippen LogP contribution in [0.5, 0.6) is 0 Å². The van der Waals surface area contributed by atoms with Gasteiger partial charge < -0.3 is 15.5 Å². The molecule has 0 saturated carbocycles. The summed E-state index contributed by atoms with van der Waals surface area (Å²) in [4.78, 5) is 24.1. The van der Waals surface area contributed by atoms with Crippen LogP contribution < -0.4 is 10.6 Å². The fraction of sp³-hybridized carbons (Fsp3) is 0.333. The van der Waals surface area contributed by atoms with E-state index in [2.05, 4.69) is 15.1 Å². The van der Waals surface area contributed by atoms with E-state index in [0.717, 1.165) is 5.70 Å². The van der Waals surface area contributed by atoms with Crippen molar-refractivity contribution in [1.82, 2.24) is 24.6 Å². The number of hydrogen-bond donors (Lipinski definition) is 1. The van der Waals surface area contributed by atoms with Gasteiger partial charge in [0.25, 0.3) is 0 Å².